The number of piperidine rings is 1. The zero-order valence-corrected chi connectivity index (χ0v) is 26.2. The van der Waals surface area contributed by atoms with Crippen LogP contribution >= 0.6 is 11.3 Å². The van der Waals surface area contributed by atoms with E-state index in [-0.39, 0.29) is 23.5 Å². The standard InChI is InChI=1S/C34H42N6O2S/c1-34(2,3)25-8-9-27-24(18-25)19-29-32(38-27)43-33(39-29)31(42)37-28(13-17-40-15-11-26(41)12-16-40)22-6-4-21(5-7-22)23-10-14-36-30(35)20-23/h4-7,10,14,19-20,25-26,28,41H,8-9,11-13,15-18H2,1-3H3,(H2,35,36)(H,37,42)/t25-,28+/m0/s1. The largest absolute Gasteiger partial charge is 0.393 e. The number of nitrogens with one attached hydrogen (secondary N) is 1. The Balaban J connectivity index is 1.22. The number of nitrogens with zero attached hydrogens (tertiary/aromatic N) is 4. The topological polar surface area (TPSA) is 117 Å². The van der Waals surface area contributed by atoms with Gasteiger partial charge >= 0.3 is 0 Å². The summed E-state index contributed by atoms with van der Waals surface area (Å²) in [5.41, 5.74) is 12.5. The summed E-state index contributed by atoms with van der Waals surface area (Å²) in [6.07, 6.45) is 6.98. The number of anilines is 1. The maximum atomic E-state index is 13.7. The summed E-state index contributed by atoms with van der Waals surface area (Å²) in [5.74, 6) is 0.934. The summed E-state index contributed by atoms with van der Waals surface area (Å²) >= 11 is 1.38. The number of hydrogen-bond acceptors (Lipinski definition) is 8. The maximum absolute atomic E-state index is 13.7. The number of aliphatic hydroxyl groups excluding tert-OH is 1. The molecular weight excluding hydrogens is 556 g/mol. The number of pyridine rings is 2. The first-order valence-corrected chi connectivity index (χ1v) is 16.3. The van der Waals surface area contributed by atoms with Gasteiger partial charge < -0.3 is 21.1 Å². The van der Waals surface area contributed by atoms with E-state index >= 15 is 0 Å². The molecule has 2 atom stereocenters. The van der Waals surface area contributed by atoms with E-state index in [0.717, 1.165) is 90.9 Å². The second-order valence-electron chi connectivity index (χ2n) is 13.2. The van der Waals surface area contributed by atoms with Gasteiger partial charge in [-0.05, 0) is 90.3 Å². The van der Waals surface area contributed by atoms with Crippen molar-refractivity contribution in [2.24, 2.45) is 11.3 Å². The number of aromatic nitrogens is 3. The number of thiazole rings is 1. The fraction of sp³-hybridized carbons (Fsp3) is 0.471. The van der Waals surface area contributed by atoms with E-state index < -0.39 is 0 Å². The van der Waals surface area contributed by atoms with Gasteiger partial charge in [0.25, 0.3) is 5.91 Å². The van der Waals surface area contributed by atoms with Gasteiger partial charge in [-0.3, -0.25) is 4.79 Å². The highest BCUT2D eigenvalue weighted by molar-refractivity contribution is 7.19. The summed E-state index contributed by atoms with van der Waals surface area (Å²) < 4.78 is 0. The number of nitrogen functional groups attached to an aromatic ring is 1. The molecule has 1 amide bonds. The van der Waals surface area contributed by atoms with Crippen LogP contribution in [0.15, 0.2) is 48.7 Å². The highest BCUT2D eigenvalue weighted by atomic mass is 32.1. The molecule has 0 unspecified atom stereocenters. The zero-order valence-electron chi connectivity index (χ0n) is 25.3. The summed E-state index contributed by atoms with van der Waals surface area (Å²) in [6.45, 7) is 9.51. The third-order valence-corrected chi connectivity index (χ3v) is 10.2. The molecule has 4 heterocycles. The fourth-order valence-corrected chi connectivity index (χ4v) is 7.22. The molecule has 0 bridgehead atoms. The highest BCUT2D eigenvalue weighted by Gasteiger charge is 2.30. The van der Waals surface area contributed by atoms with Gasteiger partial charge in [-0.2, -0.15) is 0 Å². The third kappa shape index (κ3) is 6.89. The molecule has 0 spiro atoms. The molecule has 1 aliphatic heterocycles. The first-order valence-electron chi connectivity index (χ1n) is 15.4. The minimum absolute atomic E-state index is 0.168. The summed E-state index contributed by atoms with van der Waals surface area (Å²) in [5, 5.41) is 13.7. The fourth-order valence-electron chi connectivity index (χ4n) is 6.38. The van der Waals surface area contributed by atoms with Crippen molar-refractivity contribution >= 4 is 33.4 Å². The average molecular weight is 599 g/mol. The number of hydrogen-bond donors (Lipinski definition) is 3. The minimum Gasteiger partial charge on any atom is -0.393 e. The van der Waals surface area contributed by atoms with Gasteiger partial charge in [0.2, 0.25) is 0 Å². The van der Waals surface area contributed by atoms with Crippen molar-refractivity contribution in [3.05, 3.63) is 70.5 Å². The van der Waals surface area contributed by atoms with Crippen molar-refractivity contribution in [1.29, 1.82) is 0 Å². The zero-order chi connectivity index (χ0) is 30.1. The molecule has 226 valence electrons. The number of aryl methyl sites for hydroxylation is 1. The number of nitrogens with two attached hydrogens (primary N) is 1. The second kappa shape index (κ2) is 12.3. The molecule has 3 aromatic heterocycles. The van der Waals surface area contributed by atoms with Gasteiger partial charge in [-0.1, -0.05) is 56.4 Å². The first-order chi connectivity index (χ1) is 20.6. The predicted molar refractivity (Wildman–Crippen MR) is 173 cm³/mol. The number of benzene rings is 1. The number of rotatable bonds is 7. The van der Waals surface area contributed by atoms with Gasteiger partial charge in [0.15, 0.2) is 5.01 Å². The number of carbonyl (C=O) groups is 1. The normalized spacial score (nSPS) is 18.8. The Morgan fingerprint density at radius 2 is 1.86 bits per heavy atom. The Bertz CT molecular complexity index is 1590. The van der Waals surface area contributed by atoms with Crippen molar-refractivity contribution in [1.82, 2.24) is 25.2 Å². The number of fused-ring (bicyclic) bond motifs is 2. The summed E-state index contributed by atoms with van der Waals surface area (Å²) in [4.78, 5) is 30.7. The van der Waals surface area contributed by atoms with E-state index in [2.05, 4.69) is 66.3 Å². The van der Waals surface area contributed by atoms with Crippen molar-refractivity contribution in [2.45, 2.75) is 71.4 Å². The molecule has 4 aromatic rings. The SMILES string of the molecule is CC(C)(C)[C@H]1CCc2nc3sc(C(=O)N[C@H](CCN4CCC(O)CC4)c4ccc(-c5ccnc(N)c5)cc4)nc3cc2C1. The van der Waals surface area contributed by atoms with Gasteiger partial charge in [-0.25, -0.2) is 15.0 Å². The predicted octanol–water partition coefficient (Wildman–Crippen LogP) is 5.80. The van der Waals surface area contributed by atoms with Gasteiger partial charge in [0, 0.05) is 31.5 Å². The molecular formula is C34H42N6O2S. The molecule has 0 saturated carbocycles. The van der Waals surface area contributed by atoms with Crippen molar-refractivity contribution < 1.29 is 9.90 Å². The van der Waals surface area contributed by atoms with Crippen molar-refractivity contribution in [3.63, 3.8) is 0 Å². The lowest BCUT2D eigenvalue weighted by Gasteiger charge is -2.34. The van der Waals surface area contributed by atoms with E-state index in [0.29, 0.717) is 16.7 Å². The second-order valence-corrected chi connectivity index (χ2v) is 14.2. The molecule has 1 saturated heterocycles. The van der Waals surface area contributed by atoms with Gasteiger partial charge in [-0.15, -0.1) is 0 Å². The number of amides is 1. The Hall–Kier alpha value is -3.40. The molecule has 2 aliphatic rings. The molecule has 6 rings (SSSR count). The molecule has 1 aromatic carbocycles. The van der Waals surface area contributed by atoms with Crippen LogP contribution in [0.5, 0.6) is 0 Å². The number of likely N-dealkylation sites (tertiary alicyclic amines) is 1. The molecule has 1 fully saturated rings. The summed E-state index contributed by atoms with van der Waals surface area (Å²) in [6, 6.07) is 14.1. The Labute approximate surface area is 257 Å². The molecule has 9 heteroatoms. The molecule has 0 radical (unpaired) electrons. The van der Waals surface area contributed by atoms with Crippen LogP contribution < -0.4 is 11.1 Å². The lowest BCUT2D eigenvalue weighted by Crippen LogP contribution is -2.38. The number of aliphatic hydroxyl groups is 1. The lowest BCUT2D eigenvalue weighted by molar-refractivity contribution is 0.0795. The Morgan fingerprint density at radius 3 is 2.58 bits per heavy atom. The first kappa shape index (κ1) is 29.7. The van der Waals surface area contributed by atoms with E-state index in [1.807, 2.05) is 12.1 Å². The van der Waals surface area contributed by atoms with Gasteiger partial charge in [0.05, 0.1) is 12.1 Å². The number of carbonyl (C=O) groups excluding carboxylic acids is 1. The van der Waals surface area contributed by atoms with Crippen LogP contribution in [0.25, 0.3) is 21.5 Å². The molecule has 8 nitrogen and oxygen atoms in total. The molecule has 1 aliphatic carbocycles. The quantitative estimate of drug-likeness (QED) is 0.246. The van der Waals surface area contributed by atoms with Crippen LogP contribution in [0.4, 0.5) is 5.82 Å². The Kier molecular flexibility index (Phi) is 8.49. The van der Waals surface area contributed by atoms with Crippen molar-refractivity contribution in [3.8, 4) is 11.1 Å². The van der Waals surface area contributed by atoms with Crippen molar-refractivity contribution in [2.75, 3.05) is 25.4 Å². The van der Waals surface area contributed by atoms with Crippen LogP contribution in [-0.2, 0) is 12.8 Å². The van der Waals surface area contributed by atoms with Crippen LogP contribution in [0.3, 0.4) is 0 Å². The molecule has 43 heavy (non-hydrogen) atoms. The molecule has 4 N–H and O–H groups in total. The monoisotopic (exact) mass is 598 g/mol. The highest BCUT2D eigenvalue weighted by Crippen LogP contribution is 2.38. The van der Waals surface area contributed by atoms with E-state index in [4.69, 9.17) is 15.7 Å². The average Bonchev–Trinajstić information content (AvgIpc) is 3.41. The van der Waals surface area contributed by atoms with Crippen LogP contribution in [0.1, 0.15) is 79.1 Å². The van der Waals surface area contributed by atoms with E-state index in [1.54, 1.807) is 6.20 Å². The van der Waals surface area contributed by atoms with Crippen LogP contribution in [-0.4, -0.2) is 56.6 Å². The Morgan fingerprint density at radius 1 is 1.09 bits per heavy atom. The minimum atomic E-state index is -0.209. The summed E-state index contributed by atoms with van der Waals surface area (Å²) in [7, 11) is 0. The van der Waals surface area contributed by atoms with E-state index in [1.165, 1.54) is 16.9 Å². The van der Waals surface area contributed by atoms with Crippen LogP contribution in [0, 0.1) is 11.3 Å². The smallest absolute Gasteiger partial charge is 0.280 e. The van der Waals surface area contributed by atoms with Gasteiger partial charge in [0.1, 0.15) is 16.2 Å². The van der Waals surface area contributed by atoms with Crippen LogP contribution in [0.2, 0.25) is 0 Å². The third-order valence-electron chi connectivity index (χ3n) is 9.19. The lowest BCUT2D eigenvalue weighted by atomic mass is 9.71. The van der Waals surface area contributed by atoms with E-state index in [9.17, 15) is 9.90 Å². The maximum Gasteiger partial charge on any atom is 0.280 e.